The van der Waals surface area contributed by atoms with Gasteiger partial charge in [-0.1, -0.05) is 119 Å². The fourth-order valence-electron chi connectivity index (χ4n) is 8.93. The molecule has 6 heteroatoms. The lowest BCUT2D eigenvalue weighted by molar-refractivity contribution is 0.0988. The summed E-state index contributed by atoms with van der Waals surface area (Å²) in [7, 11) is 0. The van der Waals surface area contributed by atoms with Crippen LogP contribution in [0, 0.1) is 41.5 Å². The average molecular weight is 779 g/mol. The summed E-state index contributed by atoms with van der Waals surface area (Å²) in [6.07, 6.45) is 3.63. The highest BCUT2D eigenvalue weighted by Gasteiger charge is 2.41. The molecule has 0 bridgehead atoms. The van der Waals surface area contributed by atoms with Gasteiger partial charge in [0.2, 0.25) is 0 Å². The Labute approximate surface area is 349 Å². The quantitative estimate of drug-likeness (QED) is 0.128. The first-order valence-electron chi connectivity index (χ1n) is 20.3. The Morgan fingerprint density at radius 2 is 0.850 bits per heavy atom. The number of nitrogens with zero attached hydrogens (tertiary/aromatic N) is 4. The van der Waals surface area contributed by atoms with E-state index in [2.05, 4.69) is 124 Å². The van der Waals surface area contributed by atoms with Gasteiger partial charge in [-0.25, -0.2) is 9.97 Å². The monoisotopic (exact) mass is 778 g/mol. The number of hydrogen-bond donors (Lipinski definition) is 0. The second-order valence-electron chi connectivity index (χ2n) is 16.2. The van der Waals surface area contributed by atoms with Crippen molar-refractivity contribution in [3.8, 4) is 22.3 Å². The SMILES string of the molecule is Cc1ccc(-c2cc(C)cc(C)c2N2C(=CC=C3C(=O)c4cc5ccccc5cc4C3=O)N(c3c(C)cc(C)cc3-c3ccc(C)cc3)c3nc4ccccc4nc32)cc1. The maximum Gasteiger partial charge on any atom is 0.197 e. The van der Waals surface area contributed by atoms with Crippen LogP contribution in [0.4, 0.5) is 23.0 Å². The summed E-state index contributed by atoms with van der Waals surface area (Å²) in [5.41, 5.74) is 15.2. The first-order chi connectivity index (χ1) is 29.0. The van der Waals surface area contributed by atoms with Crippen LogP contribution < -0.4 is 9.80 Å². The number of aryl methyl sites for hydroxylation is 6. The molecule has 0 N–H and O–H groups in total. The van der Waals surface area contributed by atoms with E-state index in [1.165, 1.54) is 11.1 Å². The Hall–Kier alpha value is -7.44. The van der Waals surface area contributed by atoms with Gasteiger partial charge in [-0.2, -0.15) is 0 Å². The van der Waals surface area contributed by atoms with Crippen LogP contribution in [0.2, 0.25) is 0 Å². The van der Waals surface area contributed by atoms with Crippen LogP contribution >= 0.6 is 0 Å². The second-order valence-corrected chi connectivity index (χ2v) is 16.2. The van der Waals surface area contributed by atoms with Crippen molar-refractivity contribution in [3.05, 3.63) is 202 Å². The number of para-hydroxylation sites is 2. The molecular weight excluding hydrogens is 737 g/mol. The molecule has 0 unspecified atom stereocenters. The van der Waals surface area contributed by atoms with E-state index in [0.29, 0.717) is 28.6 Å². The molecule has 1 aliphatic heterocycles. The molecule has 0 saturated heterocycles. The molecule has 0 spiro atoms. The van der Waals surface area contributed by atoms with E-state index in [4.69, 9.17) is 9.97 Å². The number of Topliss-reactive ketones (excluding diaryl/α,β-unsaturated/α-hetero) is 2. The number of carbonyl (C=O) groups is 2. The first-order valence-corrected chi connectivity index (χ1v) is 20.3. The molecule has 2 heterocycles. The normalized spacial score (nSPS) is 13.4. The van der Waals surface area contributed by atoms with Crippen LogP contribution in [0.5, 0.6) is 0 Å². The third-order valence-corrected chi connectivity index (χ3v) is 11.7. The molecule has 290 valence electrons. The summed E-state index contributed by atoms with van der Waals surface area (Å²) in [5, 5.41) is 1.84. The zero-order valence-electron chi connectivity index (χ0n) is 34.5. The molecule has 8 aromatic rings. The van der Waals surface area contributed by atoms with Gasteiger partial charge in [0.1, 0.15) is 5.82 Å². The number of fused-ring (bicyclic) bond motifs is 4. The minimum atomic E-state index is -0.285. The van der Waals surface area contributed by atoms with Crippen LogP contribution in [0.25, 0.3) is 44.1 Å². The van der Waals surface area contributed by atoms with Gasteiger partial charge < -0.3 is 0 Å². The minimum absolute atomic E-state index is 0.119. The average Bonchev–Trinajstić information content (AvgIpc) is 3.65. The second kappa shape index (κ2) is 14.1. The highest BCUT2D eigenvalue weighted by Crippen LogP contribution is 2.54. The van der Waals surface area contributed by atoms with E-state index in [1.807, 2.05) is 66.7 Å². The molecule has 0 amide bonds. The van der Waals surface area contributed by atoms with Gasteiger partial charge in [0.05, 0.1) is 28.0 Å². The number of ketones is 2. The van der Waals surface area contributed by atoms with Crippen LogP contribution in [0.1, 0.15) is 54.1 Å². The summed E-state index contributed by atoms with van der Waals surface area (Å²) in [5.74, 6) is 1.41. The number of aromatic nitrogens is 2. The van der Waals surface area contributed by atoms with Crippen molar-refractivity contribution in [2.75, 3.05) is 9.80 Å². The third kappa shape index (κ3) is 6.03. The lowest BCUT2D eigenvalue weighted by Gasteiger charge is -2.30. The third-order valence-electron chi connectivity index (χ3n) is 11.7. The maximum atomic E-state index is 14.3. The van der Waals surface area contributed by atoms with Crippen molar-refractivity contribution >= 4 is 56.4 Å². The van der Waals surface area contributed by atoms with Gasteiger partial charge in [-0.15, -0.1) is 0 Å². The predicted octanol–water partition coefficient (Wildman–Crippen LogP) is 13.1. The minimum Gasteiger partial charge on any atom is -0.288 e. The van der Waals surface area contributed by atoms with Crippen LogP contribution in [-0.4, -0.2) is 21.5 Å². The molecule has 6 nitrogen and oxygen atoms in total. The van der Waals surface area contributed by atoms with E-state index in [1.54, 1.807) is 6.08 Å². The summed E-state index contributed by atoms with van der Waals surface area (Å²) >= 11 is 0. The van der Waals surface area contributed by atoms with Crippen molar-refractivity contribution < 1.29 is 9.59 Å². The zero-order chi connectivity index (χ0) is 41.4. The van der Waals surface area contributed by atoms with Crippen molar-refractivity contribution in [2.45, 2.75) is 41.5 Å². The zero-order valence-corrected chi connectivity index (χ0v) is 34.5. The Morgan fingerprint density at radius 1 is 0.433 bits per heavy atom. The van der Waals surface area contributed by atoms with Gasteiger partial charge in [0.15, 0.2) is 23.2 Å². The van der Waals surface area contributed by atoms with Gasteiger partial charge in [-0.05, 0) is 123 Å². The lowest BCUT2D eigenvalue weighted by Crippen LogP contribution is -2.24. The topological polar surface area (TPSA) is 66.4 Å². The number of carbonyl (C=O) groups excluding carboxylic acids is 2. The van der Waals surface area contributed by atoms with E-state index < -0.39 is 0 Å². The standard InChI is InChI=1S/C54H42N4O2/c1-31-15-19-37(20-16-31)42-27-33(3)25-35(5)49(42)57-48(24-23-41-51(59)44-29-39-11-7-8-12-40(39)30-45(44)52(41)60)58(54-53(57)55-46-13-9-10-14-47(46)56-54)50-36(6)26-34(4)28-43(50)38-21-17-32(2)18-22-38/h7-30H,1-6H3. The van der Waals surface area contributed by atoms with Crippen LogP contribution in [-0.2, 0) is 0 Å². The van der Waals surface area contributed by atoms with E-state index in [-0.39, 0.29) is 17.1 Å². The van der Waals surface area contributed by atoms with Gasteiger partial charge >= 0.3 is 0 Å². The number of rotatable bonds is 5. The van der Waals surface area contributed by atoms with Crippen LogP contribution in [0.3, 0.4) is 0 Å². The predicted molar refractivity (Wildman–Crippen MR) is 245 cm³/mol. The molecule has 60 heavy (non-hydrogen) atoms. The van der Waals surface area contributed by atoms with Gasteiger partial charge in [0.25, 0.3) is 0 Å². The fourth-order valence-corrected chi connectivity index (χ4v) is 8.93. The van der Waals surface area contributed by atoms with Crippen molar-refractivity contribution in [1.29, 1.82) is 0 Å². The number of allylic oxidation sites excluding steroid dienone is 3. The Kier molecular flexibility index (Phi) is 8.69. The van der Waals surface area contributed by atoms with E-state index in [0.717, 1.165) is 77.7 Å². The molecular formula is C54H42N4O2. The molecule has 0 saturated carbocycles. The Balaban J connectivity index is 1.29. The first kappa shape index (κ1) is 36.9. The Morgan fingerprint density at radius 3 is 1.28 bits per heavy atom. The van der Waals surface area contributed by atoms with Crippen molar-refractivity contribution in [3.63, 3.8) is 0 Å². The summed E-state index contributed by atoms with van der Waals surface area (Å²) in [4.78, 5) is 43.7. The largest absolute Gasteiger partial charge is 0.288 e. The van der Waals surface area contributed by atoms with Gasteiger partial charge in [0, 0.05) is 22.3 Å². The van der Waals surface area contributed by atoms with Crippen LogP contribution in [0.15, 0.2) is 157 Å². The molecule has 1 aromatic heterocycles. The number of hydrogen-bond acceptors (Lipinski definition) is 6. The smallest absolute Gasteiger partial charge is 0.197 e. The molecule has 0 radical (unpaired) electrons. The summed E-state index contributed by atoms with van der Waals surface area (Å²) in [6.45, 7) is 12.7. The van der Waals surface area contributed by atoms with Gasteiger partial charge in [-0.3, -0.25) is 19.4 Å². The Bertz CT molecular complexity index is 2990. The molecule has 2 aliphatic rings. The highest BCUT2D eigenvalue weighted by atomic mass is 16.2. The number of benzene rings is 7. The lowest BCUT2D eigenvalue weighted by atomic mass is 9.96. The van der Waals surface area contributed by atoms with Crippen molar-refractivity contribution in [2.24, 2.45) is 0 Å². The maximum absolute atomic E-state index is 14.3. The molecule has 10 rings (SSSR count). The van der Waals surface area contributed by atoms with Crippen molar-refractivity contribution in [1.82, 2.24) is 9.97 Å². The molecule has 0 atom stereocenters. The highest BCUT2D eigenvalue weighted by molar-refractivity contribution is 6.40. The fraction of sp³-hybridized carbons (Fsp3) is 0.111. The molecule has 0 fully saturated rings. The molecule has 7 aromatic carbocycles. The number of anilines is 4. The van der Waals surface area contributed by atoms with E-state index >= 15 is 0 Å². The van der Waals surface area contributed by atoms with E-state index in [9.17, 15) is 9.59 Å². The molecule has 1 aliphatic carbocycles. The summed E-state index contributed by atoms with van der Waals surface area (Å²) < 4.78 is 0. The summed E-state index contributed by atoms with van der Waals surface area (Å²) in [6, 6.07) is 45.5.